The van der Waals surface area contributed by atoms with E-state index in [0.29, 0.717) is 0 Å². The molecule has 19 heavy (non-hydrogen) atoms. The molecule has 3 atom stereocenters. The van der Waals surface area contributed by atoms with E-state index in [2.05, 4.69) is 4.98 Å². The van der Waals surface area contributed by atoms with Gasteiger partial charge in [0.25, 0.3) is 0 Å². The molecule has 4 N–H and O–H groups in total. The predicted octanol–water partition coefficient (Wildman–Crippen LogP) is -0.784. The van der Waals surface area contributed by atoms with Crippen molar-refractivity contribution in [3.05, 3.63) is 22.5 Å². The SMILES string of the molecule is N#C[C@]1(CO)S[C@@H](n2cc(F)c(N)nc2=O)C[C@@H]1O. The molecule has 0 aliphatic carbocycles. The smallest absolute Gasteiger partial charge is 0.350 e. The molecule has 0 unspecified atom stereocenters. The highest BCUT2D eigenvalue weighted by atomic mass is 32.2. The summed E-state index contributed by atoms with van der Waals surface area (Å²) in [7, 11) is 0. The van der Waals surface area contributed by atoms with Gasteiger partial charge < -0.3 is 15.9 Å². The highest BCUT2D eigenvalue weighted by Gasteiger charge is 2.49. The molecule has 102 valence electrons. The zero-order valence-electron chi connectivity index (χ0n) is 9.65. The van der Waals surface area contributed by atoms with E-state index >= 15 is 0 Å². The lowest BCUT2D eigenvalue weighted by atomic mass is 10.0. The van der Waals surface area contributed by atoms with E-state index in [1.807, 2.05) is 6.07 Å². The van der Waals surface area contributed by atoms with Crippen LogP contribution in [0.25, 0.3) is 0 Å². The summed E-state index contributed by atoms with van der Waals surface area (Å²) in [5.74, 6) is -1.35. The summed E-state index contributed by atoms with van der Waals surface area (Å²) in [5.41, 5.74) is 4.40. The summed E-state index contributed by atoms with van der Waals surface area (Å²) in [6.45, 7) is -0.564. The van der Waals surface area contributed by atoms with Crippen molar-refractivity contribution in [2.45, 2.75) is 22.6 Å². The van der Waals surface area contributed by atoms with E-state index in [-0.39, 0.29) is 6.42 Å². The lowest BCUT2D eigenvalue weighted by Crippen LogP contribution is -2.36. The van der Waals surface area contributed by atoms with Gasteiger partial charge in [0.1, 0.15) is 0 Å². The van der Waals surface area contributed by atoms with Crippen LogP contribution in [0.1, 0.15) is 11.8 Å². The molecule has 7 nitrogen and oxygen atoms in total. The molecule has 1 aromatic rings. The number of nitrogens with zero attached hydrogens (tertiary/aromatic N) is 3. The van der Waals surface area contributed by atoms with Crippen LogP contribution in [0.5, 0.6) is 0 Å². The van der Waals surface area contributed by atoms with E-state index in [9.17, 15) is 19.4 Å². The maximum Gasteiger partial charge on any atom is 0.350 e. The van der Waals surface area contributed by atoms with Crippen molar-refractivity contribution < 1.29 is 14.6 Å². The van der Waals surface area contributed by atoms with Gasteiger partial charge in [0, 0.05) is 12.6 Å². The number of nitriles is 1. The summed E-state index contributed by atoms with van der Waals surface area (Å²) in [5, 5.41) is 27.4. The number of nitrogens with two attached hydrogens (primary N) is 1. The van der Waals surface area contributed by atoms with Gasteiger partial charge >= 0.3 is 5.69 Å². The quantitative estimate of drug-likeness (QED) is 0.651. The van der Waals surface area contributed by atoms with Gasteiger partial charge in [-0.25, -0.2) is 9.18 Å². The van der Waals surface area contributed by atoms with Gasteiger partial charge in [0.15, 0.2) is 16.4 Å². The zero-order chi connectivity index (χ0) is 14.2. The Hall–Kier alpha value is -1.63. The topological polar surface area (TPSA) is 125 Å². The monoisotopic (exact) mass is 286 g/mol. The average Bonchev–Trinajstić information content (AvgIpc) is 2.71. The minimum atomic E-state index is -1.41. The molecule has 1 aliphatic rings. The van der Waals surface area contributed by atoms with Crippen LogP contribution in [0.2, 0.25) is 0 Å². The minimum Gasteiger partial charge on any atom is -0.394 e. The number of halogens is 1. The van der Waals surface area contributed by atoms with Gasteiger partial charge in [-0.15, -0.1) is 11.8 Å². The molecule has 0 aromatic carbocycles. The number of aromatic nitrogens is 2. The number of hydrogen-bond acceptors (Lipinski definition) is 7. The lowest BCUT2D eigenvalue weighted by molar-refractivity contribution is 0.113. The maximum atomic E-state index is 13.3. The number of aliphatic hydroxyl groups is 2. The second-order valence-electron chi connectivity index (χ2n) is 4.15. The fraction of sp³-hybridized carbons (Fsp3) is 0.500. The first-order chi connectivity index (χ1) is 8.93. The molecular weight excluding hydrogens is 275 g/mol. The van der Waals surface area contributed by atoms with Crippen molar-refractivity contribution >= 4 is 17.6 Å². The number of hydrogen-bond donors (Lipinski definition) is 3. The largest absolute Gasteiger partial charge is 0.394 e. The molecule has 2 rings (SSSR count). The van der Waals surface area contributed by atoms with Gasteiger partial charge in [-0.05, 0) is 0 Å². The Morgan fingerprint density at radius 1 is 1.79 bits per heavy atom. The molecule has 0 spiro atoms. The number of thioether (sulfide) groups is 1. The van der Waals surface area contributed by atoms with Crippen LogP contribution in [-0.4, -0.2) is 37.2 Å². The van der Waals surface area contributed by atoms with Crippen LogP contribution in [0, 0.1) is 17.1 Å². The Balaban J connectivity index is 2.39. The Kier molecular flexibility index (Phi) is 3.49. The number of anilines is 1. The van der Waals surface area contributed by atoms with Gasteiger partial charge in [0.2, 0.25) is 0 Å². The van der Waals surface area contributed by atoms with Crippen LogP contribution in [0.15, 0.2) is 11.0 Å². The molecular formula is C10H11FN4O3S. The second kappa shape index (κ2) is 4.80. The van der Waals surface area contributed by atoms with Crippen molar-refractivity contribution in [3.8, 4) is 6.07 Å². The van der Waals surface area contributed by atoms with Crippen molar-refractivity contribution in [1.29, 1.82) is 5.26 Å². The molecule has 1 saturated heterocycles. The van der Waals surface area contributed by atoms with Crippen LogP contribution in [0.4, 0.5) is 10.2 Å². The molecule has 1 aromatic heterocycles. The average molecular weight is 286 g/mol. The highest BCUT2D eigenvalue weighted by molar-refractivity contribution is 8.01. The van der Waals surface area contributed by atoms with Crippen LogP contribution >= 0.6 is 11.8 Å². The summed E-state index contributed by atoms with van der Waals surface area (Å²) in [6, 6.07) is 1.83. The van der Waals surface area contributed by atoms with E-state index in [1.165, 1.54) is 0 Å². The first-order valence-corrected chi connectivity index (χ1v) is 6.23. The number of nitrogen functional groups attached to an aromatic ring is 1. The van der Waals surface area contributed by atoms with Crippen molar-refractivity contribution in [2.75, 3.05) is 12.3 Å². The Labute approximate surface area is 111 Å². The van der Waals surface area contributed by atoms with Crippen LogP contribution in [0.3, 0.4) is 0 Å². The molecule has 0 saturated carbocycles. The molecule has 1 fully saturated rings. The van der Waals surface area contributed by atoms with E-state index in [0.717, 1.165) is 22.5 Å². The summed E-state index contributed by atoms with van der Waals surface area (Å²) in [4.78, 5) is 15.0. The normalized spacial score (nSPS) is 30.2. The molecule has 0 radical (unpaired) electrons. The first-order valence-electron chi connectivity index (χ1n) is 5.35. The third-order valence-corrected chi connectivity index (χ3v) is 4.58. The molecule has 0 amide bonds. The zero-order valence-corrected chi connectivity index (χ0v) is 10.5. The standard InChI is InChI=1S/C10H11FN4O3S/c11-5-2-15(9(18)14-8(5)13)7-1-6(17)10(3-12,4-16)19-7/h2,6-7,16-17H,1,4H2,(H2,13,14,18)/t6-,7+,10+/m0/s1. The Bertz CT molecular complexity index is 601. The lowest BCUT2D eigenvalue weighted by Gasteiger charge is -2.20. The minimum absolute atomic E-state index is 0.0315. The Morgan fingerprint density at radius 2 is 2.47 bits per heavy atom. The van der Waals surface area contributed by atoms with Gasteiger partial charge in [-0.2, -0.15) is 10.2 Å². The van der Waals surface area contributed by atoms with Crippen LogP contribution < -0.4 is 11.4 Å². The molecule has 1 aliphatic heterocycles. The second-order valence-corrected chi connectivity index (χ2v) is 5.66. The van der Waals surface area contributed by atoms with E-state index in [1.54, 1.807) is 0 Å². The fourth-order valence-corrected chi connectivity index (χ4v) is 3.27. The summed E-state index contributed by atoms with van der Waals surface area (Å²) >= 11 is 0.902. The summed E-state index contributed by atoms with van der Waals surface area (Å²) in [6.07, 6.45) is -0.200. The van der Waals surface area contributed by atoms with Crippen LogP contribution in [-0.2, 0) is 0 Å². The molecule has 0 bridgehead atoms. The van der Waals surface area contributed by atoms with Gasteiger partial charge in [-0.1, -0.05) is 0 Å². The van der Waals surface area contributed by atoms with E-state index in [4.69, 9.17) is 11.0 Å². The van der Waals surface area contributed by atoms with Crippen molar-refractivity contribution in [1.82, 2.24) is 9.55 Å². The van der Waals surface area contributed by atoms with Gasteiger partial charge in [0.05, 0.1) is 24.2 Å². The summed E-state index contributed by atoms with van der Waals surface area (Å²) < 4.78 is 12.9. The fourth-order valence-electron chi connectivity index (χ4n) is 1.86. The van der Waals surface area contributed by atoms with Gasteiger partial charge in [-0.3, -0.25) is 4.57 Å². The first kappa shape index (κ1) is 13.8. The predicted molar refractivity (Wildman–Crippen MR) is 65.5 cm³/mol. The third-order valence-electron chi connectivity index (χ3n) is 2.98. The Morgan fingerprint density at radius 3 is 3.00 bits per heavy atom. The highest BCUT2D eigenvalue weighted by Crippen LogP contribution is 2.48. The van der Waals surface area contributed by atoms with E-state index < -0.39 is 40.2 Å². The molecule has 2 heterocycles. The van der Waals surface area contributed by atoms with Crippen molar-refractivity contribution in [3.63, 3.8) is 0 Å². The molecule has 9 heteroatoms. The maximum absolute atomic E-state index is 13.3. The number of rotatable bonds is 2. The number of aliphatic hydroxyl groups excluding tert-OH is 2. The third kappa shape index (κ3) is 2.18. The van der Waals surface area contributed by atoms with Crippen molar-refractivity contribution in [2.24, 2.45) is 0 Å².